The number of nitrogens with zero attached hydrogens (tertiary/aromatic N) is 2. The Kier molecular flexibility index (Phi) is 12.5. The van der Waals surface area contributed by atoms with E-state index in [9.17, 15) is 9.59 Å². The van der Waals surface area contributed by atoms with Gasteiger partial charge in [0, 0.05) is 25.9 Å². The zero-order chi connectivity index (χ0) is 18.0. The Morgan fingerprint density at radius 3 is 2.25 bits per heavy atom. The van der Waals surface area contributed by atoms with Crippen LogP contribution in [0.2, 0.25) is 0 Å². The first-order valence-electron chi connectivity index (χ1n) is 7.27. The van der Waals surface area contributed by atoms with Gasteiger partial charge in [0.2, 0.25) is 5.91 Å². The predicted octanol–water partition coefficient (Wildman–Crippen LogP) is 1.92. The third-order valence-corrected chi connectivity index (χ3v) is 2.96. The van der Waals surface area contributed by atoms with Gasteiger partial charge in [0.25, 0.3) is 0 Å². The van der Waals surface area contributed by atoms with Crippen LogP contribution >= 0.6 is 23.7 Å². The maximum absolute atomic E-state index is 12.1. The van der Waals surface area contributed by atoms with Crippen LogP contribution in [0, 0.1) is 0 Å². The maximum Gasteiger partial charge on any atom is 0.408 e. The second kappa shape index (κ2) is 12.0. The lowest BCUT2D eigenvalue weighted by atomic mass is 10.1. The van der Waals surface area contributed by atoms with Gasteiger partial charge in [-0.15, -0.1) is 23.7 Å². The summed E-state index contributed by atoms with van der Waals surface area (Å²) < 4.78 is 5.18. The van der Waals surface area contributed by atoms with Crippen LogP contribution in [-0.4, -0.2) is 61.7 Å². The van der Waals surface area contributed by atoms with Gasteiger partial charge in [0.05, 0.1) is 11.2 Å². The average Bonchev–Trinajstić information content (AvgIpc) is 2.88. The molecule has 9 heteroatoms. The fourth-order valence-electron chi connectivity index (χ4n) is 1.51. The molecule has 24 heavy (non-hydrogen) atoms. The molecule has 0 radical (unpaired) electrons. The molecule has 0 saturated heterocycles. The molecular weight excluding hydrogens is 352 g/mol. The summed E-state index contributed by atoms with van der Waals surface area (Å²) >= 11 is 1.45. The molecule has 0 aromatic carbocycles. The van der Waals surface area contributed by atoms with Crippen molar-refractivity contribution < 1.29 is 14.3 Å². The molecule has 1 rings (SSSR count). The van der Waals surface area contributed by atoms with E-state index in [1.54, 1.807) is 40.4 Å². The Bertz CT molecular complexity index is 476. The molecule has 0 aliphatic rings. The van der Waals surface area contributed by atoms with Gasteiger partial charge >= 0.3 is 6.09 Å². The number of carbonyl (C=O) groups is 2. The van der Waals surface area contributed by atoms with Crippen LogP contribution in [0.15, 0.2) is 10.9 Å². The minimum atomic E-state index is -0.679. The zero-order valence-electron chi connectivity index (χ0n) is 15.4. The number of aromatic nitrogens is 1. The van der Waals surface area contributed by atoms with Crippen molar-refractivity contribution in [1.82, 2.24) is 20.5 Å². The van der Waals surface area contributed by atoms with Gasteiger partial charge in [-0.1, -0.05) is 0 Å². The summed E-state index contributed by atoms with van der Waals surface area (Å²) in [5.41, 5.74) is 1.86. The molecule has 0 spiro atoms. The molecule has 0 fully saturated rings. The molecule has 7 nitrogen and oxygen atoms in total. The van der Waals surface area contributed by atoms with Crippen molar-refractivity contribution in [3.05, 3.63) is 16.6 Å². The smallest absolute Gasteiger partial charge is 0.408 e. The molecule has 0 unspecified atom stereocenters. The molecule has 2 amide bonds. The summed E-state index contributed by atoms with van der Waals surface area (Å²) in [6, 6.07) is -0.679. The highest BCUT2D eigenvalue weighted by molar-refractivity contribution is 7.07. The Hall–Kier alpha value is -1.38. The normalized spacial score (nSPS) is 11.3. The molecule has 1 atom stereocenters. The fourth-order valence-corrected chi connectivity index (χ4v) is 2.08. The molecule has 2 N–H and O–H groups in total. The van der Waals surface area contributed by atoms with Crippen molar-refractivity contribution in [3.63, 3.8) is 0 Å². The first-order chi connectivity index (χ1) is 10.6. The van der Waals surface area contributed by atoms with E-state index in [4.69, 9.17) is 4.74 Å². The monoisotopic (exact) mass is 380 g/mol. The number of carbonyl (C=O) groups excluding carboxylic acids is 2. The van der Waals surface area contributed by atoms with Crippen LogP contribution in [0.25, 0.3) is 0 Å². The highest BCUT2D eigenvalue weighted by Gasteiger charge is 2.26. The van der Waals surface area contributed by atoms with E-state index in [0.717, 1.165) is 5.69 Å². The summed E-state index contributed by atoms with van der Waals surface area (Å²) in [7, 11) is 7.04. The predicted molar refractivity (Wildman–Crippen MR) is 99.9 cm³/mol. The number of amides is 2. The average molecular weight is 381 g/mol. The van der Waals surface area contributed by atoms with Crippen molar-refractivity contribution in [3.8, 4) is 0 Å². The van der Waals surface area contributed by atoms with Crippen LogP contribution in [0.3, 0.4) is 0 Å². The second-order valence-corrected chi connectivity index (χ2v) is 6.83. The van der Waals surface area contributed by atoms with E-state index < -0.39 is 17.7 Å². The van der Waals surface area contributed by atoms with Crippen molar-refractivity contribution in [2.75, 3.05) is 28.2 Å². The van der Waals surface area contributed by atoms with Gasteiger partial charge < -0.3 is 20.3 Å². The molecular formula is C15H29ClN4O3S. The van der Waals surface area contributed by atoms with E-state index in [2.05, 4.69) is 15.6 Å². The highest BCUT2D eigenvalue weighted by atomic mass is 35.5. The van der Waals surface area contributed by atoms with E-state index in [1.165, 1.54) is 16.2 Å². The Balaban J connectivity index is 0. The summed E-state index contributed by atoms with van der Waals surface area (Å²) in [5, 5.41) is 7.21. The molecule has 1 aromatic heterocycles. The summed E-state index contributed by atoms with van der Waals surface area (Å²) in [5.74, 6) is -0.191. The number of likely N-dealkylation sites (N-methyl/N-ethyl adjacent to an activating group) is 1. The van der Waals surface area contributed by atoms with Crippen molar-refractivity contribution in [1.29, 1.82) is 0 Å². The first-order valence-corrected chi connectivity index (χ1v) is 8.21. The van der Waals surface area contributed by atoms with E-state index in [0.29, 0.717) is 6.42 Å². The Morgan fingerprint density at radius 2 is 1.88 bits per heavy atom. The lowest BCUT2D eigenvalue weighted by molar-refractivity contribution is -0.130. The topological polar surface area (TPSA) is 83.6 Å². The zero-order valence-corrected chi connectivity index (χ0v) is 17.0. The number of hydrogen-bond donors (Lipinski definition) is 2. The molecule has 0 bridgehead atoms. The minimum Gasteiger partial charge on any atom is -0.444 e. The number of alkyl carbamates (subject to hydrolysis) is 1. The lowest BCUT2D eigenvalue weighted by Crippen LogP contribution is -2.48. The molecule has 0 saturated carbocycles. The largest absolute Gasteiger partial charge is 0.444 e. The number of ether oxygens (including phenoxy) is 1. The van der Waals surface area contributed by atoms with Crippen molar-refractivity contribution in [2.24, 2.45) is 0 Å². The van der Waals surface area contributed by atoms with Crippen molar-refractivity contribution in [2.45, 2.75) is 38.8 Å². The van der Waals surface area contributed by atoms with Crippen LogP contribution in [0.4, 0.5) is 4.79 Å². The fraction of sp³-hybridized carbons (Fsp3) is 0.667. The van der Waals surface area contributed by atoms with Crippen LogP contribution < -0.4 is 10.6 Å². The van der Waals surface area contributed by atoms with Gasteiger partial charge in [-0.3, -0.25) is 4.79 Å². The van der Waals surface area contributed by atoms with Gasteiger partial charge in [-0.05, 0) is 34.9 Å². The molecule has 1 heterocycles. The van der Waals surface area contributed by atoms with Gasteiger partial charge in [0.15, 0.2) is 0 Å². The van der Waals surface area contributed by atoms with Crippen LogP contribution in [-0.2, 0) is 16.0 Å². The Labute approximate surface area is 154 Å². The standard InChI is InChI=1S/C13H21N3O3S.C2H7N.ClH/c1-13(2,3)19-12(18)15-10(11(17)16(4)5)6-9-7-20-8-14-9;1-3-2;/h7-8,10H,6H2,1-5H3,(H,15,18);3H,1-2H3;1H/t10-;;/m0../s1. The number of nitrogens with one attached hydrogen (secondary N) is 2. The first kappa shape index (κ1) is 24.9. The van der Waals surface area contributed by atoms with Crippen molar-refractivity contribution >= 4 is 35.7 Å². The highest BCUT2D eigenvalue weighted by Crippen LogP contribution is 2.09. The SMILES string of the molecule is CN(C)C(=O)[C@H](Cc1cscn1)NC(=O)OC(C)(C)C.CNC.Cl. The van der Waals surface area contributed by atoms with Gasteiger partial charge in [-0.2, -0.15) is 0 Å². The Morgan fingerprint density at radius 1 is 1.33 bits per heavy atom. The molecule has 0 aliphatic heterocycles. The number of halogens is 1. The summed E-state index contributed by atoms with van der Waals surface area (Å²) in [6.07, 6.45) is -0.257. The quantitative estimate of drug-likeness (QED) is 0.833. The van der Waals surface area contributed by atoms with E-state index in [1.807, 2.05) is 19.5 Å². The molecule has 140 valence electrons. The van der Waals surface area contributed by atoms with Crippen LogP contribution in [0.1, 0.15) is 26.5 Å². The number of rotatable bonds is 4. The second-order valence-electron chi connectivity index (χ2n) is 6.12. The molecule has 0 aliphatic carbocycles. The summed E-state index contributed by atoms with van der Waals surface area (Å²) in [6.45, 7) is 5.32. The van der Waals surface area contributed by atoms with Gasteiger partial charge in [-0.25, -0.2) is 9.78 Å². The van der Waals surface area contributed by atoms with Gasteiger partial charge in [0.1, 0.15) is 11.6 Å². The third kappa shape index (κ3) is 11.2. The summed E-state index contributed by atoms with van der Waals surface area (Å²) in [4.78, 5) is 29.5. The van der Waals surface area contributed by atoms with Crippen LogP contribution in [0.5, 0.6) is 0 Å². The number of thiazole rings is 1. The van der Waals surface area contributed by atoms with E-state index >= 15 is 0 Å². The number of hydrogen-bond acceptors (Lipinski definition) is 6. The minimum absolute atomic E-state index is 0. The lowest BCUT2D eigenvalue weighted by Gasteiger charge is -2.24. The maximum atomic E-state index is 12.1. The third-order valence-electron chi connectivity index (χ3n) is 2.33. The molecule has 1 aromatic rings. The van der Waals surface area contributed by atoms with E-state index in [-0.39, 0.29) is 18.3 Å².